The maximum atomic E-state index is 13.2. The van der Waals surface area contributed by atoms with Crippen molar-refractivity contribution in [3.63, 3.8) is 0 Å². The Labute approximate surface area is 234 Å². The number of aromatic amines is 1. The van der Waals surface area contributed by atoms with Gasteiger partial charge in [0.1, 0.15) is 4.90 Å². The van der Waals surface area contributed by atoms with E-state index in [4.69, 9.17) is 37.4 Å². The van der Waals surface area contributed by atoms with Crippen LogP contribution in [-0.4, -0.2) is 58.8 Å². The number of nitrogens with one attached hydrogen (secondary N) is 2. The third kappa shape index (κ3) is 6.26. The summed E-state index contributed by atoms with van der Waals surface area (Å²) in [5.74, 6) is -0.655. The lowest BCUT2D eigenvalue weighted by Crippen LogP contribution is -2.57. The number of aliphatic hydroxyl groups excluding tert-OH is 1. The Kier molecular flexibility index (Phi) is 8.49. The highest BCUT2D eigenvalue weighted by molar-refractivity contribution is 7.89. The summed E-state index contributed by atoms with van der Waals surface area (Å²) in [6, 6.07) is 3.25. The number of halogens is 4. The molecule has 3 aromatic rings. The predicted molar refractivity (Wildman–Crippen MR) is 136 cm³/mol. The standard InChI is InChI=1S/C22H21Cl2F2N5O8S/c1-22(6-11(32)7-22)30-40(35,36)15-5-16(27-8-14(15)38-9-37-2)39-18-12(23)3-10(4-13(18)24)31-21(34)28-20(33)17(29-31)19(25)26/h3-5,8,11,19,30,32H,6-7,9H2,1-2H3,(H,28,33,34)/t11-,22-. The number of alkyl halides is 2. The number of pyridine rings is 1. The van der Waals surface area contributed by atoms with Crippen molar-refractivity contribution in [2.75, 3.05) is 13.9 Å². The lowest BCUT2D eigenvalue weighted by molar-refractivity contribution is 0.0237. The number of H-pyrrole nitrogens is 1. The van der Waals surface area contributed by atoms with Gasteiger partial charge in [0.2, 0.25) is 15.9 Å². The second kappa shape index (κ2) is 11.4. The fraction of sp³-hybridized carbons (Fsp3) is 0.364. The van der Waals surface area contributed by atoms with Crippen molar-refractivity contribution in [1.29, 1.82) is 0 Å². The molecule has 0 atom stereocenters. The monoisotopic (exact) mass is 623 g/mol. The van der Waals surface area contributed by atoms with Crippen LogP contribution in [-0.2, 0) is 14.8 Å². The summed E-state index contributed by atoms with van der Waals surface area (Å²) < 4.78 is 71.5. The fourth-order valence-electron chi connectivity index (χ4n) is 3.95. The largest absolute Gasteiger partial charge is 0.465 e. The first kappa shape index (κ1) is 29.8. The van der Waals surface area contributed by atoms with Crippen molar-refractivity contribution >= 4 is 33.2 Å². The number of hydrogen-bond acceptors (Lipinski definition) is 10. The Morgan fingerprint density at radius 2 is 1.90 bits per heavy atom. The molecule has 0 bridgehead atoms. The van der Waals surface area contributed by atoms with Gasteiger partial charge in [-0.1, -0.05) is 23.2 Å². The average Bonchev–Trinajstić information content (AvgIpc) is 2.83. The molecule has 40 heavy (non-hydrogen) atoms. The van der Waals surface area contributed by atoms with Gasteiger partial charge in [-0.2, -0.15) is 9.78 Å². The van der Waals surface area contributed by atoms with Crippen LogP contribution in [0.5, 0.6) is 17.4 Å². The molecule has 1 aliphatic carbocycles. The molecular formula is C22H21Cl2F2N5O8S. The average molecular weight is 624 g/mol. The minimum Gasteiger partial charge on any atom is -0.465 e. The summed E-state index contributed by atoms with van der Waals surface area (Å²) in [7, 11) is -2.88. The first-order chi connectivity index (χ1) is 18.7. The number of ether oxygens (including phenoxy) is 3. The van der Waals surface area contributed by atoms with Gasteiger partial charge < -0.3 is 19.3 Å². The Morgan fingerprint density at radius 1 is 1.25 bits per heavy atom. The molecule has 3 N–H and O–H groups in total. The minimum absolute atomic E-state index is 0.156. The summed E-state index contributed by atoms with van der Waals surface area (Å²) in [4.78, 5) is 29.1. The molecule has 0 amide bonds. The molecule has 2 heterocycles. The minimum atomic E-state index is -4.22. The molecule has 4 rings (SSSR count). The summed E-state index contributed by atoms with van der Waals surface area (Å²) in [6.45, 7) is 1.35. The topological polar surface area (TPSA) is 175 Å². The van der Waals surface area contributed by atoms with Gasteiger partial charge in [0.25, 0.3) is 12.0 Å². The lowest BCUT2D eigenvalue weighted by Gasteiger charge is -2.42. The van der Waals surface area contributed by atoms with Crippen molar-refractivity contribution in [3.05, 3.63) is 61.0 Å². The molecule has 0 aliphatic heterocycles. The van der Waals surface area contributed by atoms with E-state index >= 15 is 0 Å². The van der Waals surface area contributed by atoms with Crippen LogP contribution >= 0.6 is 23.2 Å². The second-order valence-corrected chi connectivity index (χ2v) is 11.4. The van der Waals surface area contributed by atoms with E-state index in [-0.39, 0.29) is 57.6 Å². The molecule has 216 valence electrons. The third-order valence-corrected chi connectivity index (χ3v) is 7.90. The van der Waals surface area contributed by atoms with Crippen molar-refractivity contribution in [2.45, 2.75) is 42.7 Å². The number of benzene rings is 1. The fourth-order valence-corrected chi connectivity index (χ4v) is 6.06. The van der Waals surface area contributed by atoms with Gasteiger partial charge in [-0.3, -0.25) is 9.78 Å². The zero-order chi connectivity index (χ0) is 29.4. The maximum absolute atomic E-state index is 13.2. The van der Waals surface area contributed by atoms with Crippen LogP contribution in [0.1, 0.15) is 31.9 Å². The van der Waals surface area contributed by atoms with E-state index in [2.05, 4.69) is 14.8 Å². The molecule has 2 aromatic heterocycles. The molecule has 0 radical (unpaired) electrons. The SMILES string of the molecule is COCOc1cnc(Oc2c(Cl)cc(-n3nc(C(F)F)c(=O)[nH]c3=O)cc2Cl)cc1S(=O)(=O)N[C@]1(C)C[C@@H](O)C1. The van der Waals surface area contributed by atoms with Crippen LogP contribution < -0.4 is 25.4 Å². The highest BCUT2D eigenvalue weighted by Crippen LogP contribution is 2.39. The van der Waals surface area contributed by atoms with Crippen molar-refractivity contribution < 1.29 is 36.5 Å². The van der Waals surface area contributed by atoms with Gasteiger partial charge in [-0.25, -0.2) is 31.7 Å². The third-order valence-electron chi connectivity index (χ3n) is 5.68. The van der Waals surface area contributed by atoms with E-state index < -0.39 is 45.0 Å². The molecule has 1 fully saturated rings. The molecular weight excluding hydrogens is 603 g/mol. The first-order valence-corrected chi connectivity index (χ1v) is 13.5. The van der Waals surface area contributed by atoms with Crippen LogP contribution in [0.25, 0.3) is 5.69 Å². The van der Waals surface area contributed by atoms with Gasteiger partial charge in [0, 0.05) is 18.7 Å². The summed E-state index contributed by atoms with van der Waals surface area (Å²) >= 11 is 12.6. The first-order valence-electron chi connectivity index (χ1n) is 11.3. The van der Waals surface area contributed by atoms with Crippen LogP contribution in [0.4, 0.5) is 8.78 Å². The number of hydrogen-bond donors (Lipinski definition) is 3. The van der Waals surface area contributed by atoms with Crippen LogP contribution in [0.15, 0.2) is 38.9 Å². The molecule has 0 unspecified atom stereocenters. The number of nitrogens with zero attached hydrogens (tertiary/aromatic N) is 3. The molecule has 0 spiro atoms. The number of methoxy groups -OCH3 is 1. The van der Waals surface area contributed by atoms with E-state index in [1.165, 1.54) is 7.11 Å². The van der Waals surface area contributed by atoms with Crippen molar-refractivity contribution in [1.82, 2.24) is 24.5 Å². The molecule has 1 aromatic carbocycles. The molecule has 1 aliphatic rings. The van der Waals surface area contributed by atoms with Crippen molar-refractivity contribution in [3.8, 4) is 23.1 Å². The number of sulfonamides is 1. The summed E-state index contributed by atoms with van der Waals surface area (Å²) in [5.41, 5.74) is -4.73. The Morgan fingerprint density at radius 3 is 2.48 bits per heavy atom. The van der Waals surface area contributed by atoms with Gasteiger partial charge in [0.15, 0.2) is 24.0 Å². The van der Waals surface area contributed by atoms with E-state index in [0.29, 0.717) is 4.68 Å². The summed E-state index contributed by atoms with van der Waals surface area (Å²) in [5, 5.41) is 12.5. The molecule has 13 nitrogen and oxygen atoms in total. The van der Waals surface area contributed by atoms with Gasteiger partial charge >= 0.3 is 5.69 Å². The molecule has 1 saturated carbocycles. The Bertz CT molecular complexity index is 1640. The second-order valence-electron chi connectivity index (χ2n) is 8.95. The van der Waals surface area contributed by atoms with E-state index in [1.807, 2.05) is 0 Å². The quantitative estimate of drug-likeness (QED) is 0.285. The zero-order valence-electron chi connectivity index (χ0n) is 20.7. The van der Waals surface area contributed by atoms with Crippen LogP contribution in [0, 0.1) is 0 Å². The van der Waals surface area contributed by atoms with Gasteiger partial charge in [-0.15, -0.1) is 0 Å². The molecule has 18 heteroatoms. The lowest BCUT2D eigenvalue weighted by atomic mass is 9.77. The number of rotatable bonds is 10. The van der Waals surface area contributed by atoms with E-state index in [1.54, 1.807) is 11.9 Å². The maximum Gasteiger partial charge on any atom is 0.349 e. The van der Waals surface area contributed by atoms with Crippen molar-refractivity contribution in [2.24, 2.45) is 0 Å². The van der Waals surface area contributed by atoms with E-state index in [9.17, 15) is 31.9 Å². The molecule has 0 saturated heterocycles. The van der Waals surface area contributed by atoms with Gasteiger partial charge in [-0.05, 0) is 31.9 Å². The Hall–Kier alpha value is -3.15. The zero-order valence-corrected chi connectivity index (χ0v) is 23.0. The van der Waals surface area contributed by atoms with Crippen LogP contribution in [0.3, 0.4) is 0 Å². The van der Waals surface area contributed by atoms with Crippen LogP contribution in [0.2, 0.25) is 10.0 Å². The van der Waals surface area contributed by atoms with Gasteiger partial charge in [0.05, 0.1) is 28.0 Å². The smallest absolute Gasteiger partial charge is 0.349 e. The summed E-state index contributed by atoms with van der Waals surface area (Å²) in [6.07, 6.45) is -2.41. The predicted octanol–water partition coefficient (Wildman–Crippen LogP) is 2.53. The normalized spacial score (nSPS) is 18.9. The number of aromatic nitrogens is 4. The van der Waals surface area contributed by atoms with E-state index in [0.717, 1.165) is 24.4 Å². The Balaban J connectivity index is 1.69. The highest BCUT2D eigenvalue weighted by Gasteiger charge is 2.43. The highest BCUT2D eigenvalue weighted by atomic mass is 35.5. The number of aliphatic hydroxyl groups is 1.